The standard InChI is InChI=1S/C13H24N2O3S/c1-12(2,3)18-11(16)15-8-4-6-13(15)7-5-9-19(14,17)10-13/h14H,4-10H2,1-3H3. The minimum Gasteiger partial charge on any atom is -0.444 e. The summed E-state index contributed by atoms with van der Waals surface area (Å²) in [6, 6.07) is 0. The van der Waals surface area contributed by atoms with Gasteiger partial charge in [-0.2, -0.15) is 0 Å². The minimum atomic E-state index is -2.53. The number of ether oxygens (including phenoxy) is 1. The maximum atomic E-state index is 12.3. The molecule has 2 aliphatic rings. The maximum absolute atomic E-state index is 12.3. The molecule has 0 aromatic heterocycles. The zero-order chi connectivity index (χ0) is 14.3. The Hall–Kier alpha value is -0.780. The molecule has 2 rings (SSSR count). The molecule has 110 valence electrons. The lowest BCUT2D eigenvalue weighted by molar-refractivity contribution is 0.00944. The molecule has 0 radical (unpaired) electrons. The van der Waals surface area contributed by atoms with Gasteiger partial charge in [-0.1, -0.05) is 0 Å². The summed E-state index contributed by atoms with van der Waals surface area (Å²) in [6.45, 7) is 6.21. The highest BCUT2D eigenvalue weighted by Crippen LogP contribution is 2.39. The monoisotopic (exact) mass is 288 g/mol. The van der Waals surface area contributed by atoms with E-state index in [1.54, 1.807) is 4.90 Å². The van der Waals surface area contributed by atoms with Gasteiger partial charge in [-0.15, -0.1) is 0 Å². The van der Waals surface area contributed by atoms with Crippen molar-refractivity contribution in [2.45, 2.75) is 57.6 Å². The van der Waals surface area contributed by atoms with Crippen LogP contribution in [0.25, 0.3) is 0 Å². The summed E-state index contributed by atoms with van der Waals surface area (Å²) < 4.78 is 25.4. The zero-order valence-electron chi connectivity index (χ0n) is 12.0. The quantitative estimate of drug-likeness (QED) is 0.744. The number of amides is 1. The van der Waals surface area contributed by atoms with E-state index in [9.17, 15) is 9.00 Å². The number of likely N-dealkylation sites (tertiary alicyclic amines) is 1. The van der Waals surface area contributed by atoms with Crippen molar-refractivity contribution in [2.24, 2.45) is 0 Å². The van der Waals surface area contributed by atoms with E-state index in [2.05, 4.69) is 0 Å². The summed E-state index contributed by atoms with van der Waals surface area (Å²) in [5.74, 6) is 0.788. The van der Waals surface area contributed by atoms with E-state index >= 15 is 0 Å². The SMILES string of the molecule is CC(C)(C)OC(=O)N1CCCC12CCCS(=N)(=O)C2. The van der Waals surface area contributed by atoms with Gasteiger partial charge in [-0.25, -0.2) is 9.00 Å². The van der Waals surface area contributed by atoms with Crippen molar-refractivity contribution in [3.05, 3.63) is 0 Å². The summed E-state index contributed by atoms with van der Waals surface area (Å²) in [6.07, 6.45) is 3.06. The average molecular weight is 288 g/mol. The Morgan fingerprint density at radius 2 is 1.95 bits per heavy atom. The Labute approximate surface area is 115 Å². The molecule has 2 heterocycles. The van der Waals surface area contributed by atoms with Crippen LogP contribution in [-0.2, 0) is 14.5 Å². The maximum Gasteiger partial charge on any atom is 0.410 e. The molecule has 0 saturated carbocycles. The van der Waals surface area contributed by atoms with E-state index in [1.807, 2.05) is 20.8 Å². The Morgan fingerprint density at radius 3 is 2.53 bits per heavy atom. The summed E-state index contributed by atoms with van der Waals surface area (Å²) >= 11 is 0. The van der Waals surface area contributed by atoms with Gasteiger partial charge in [-0.3, -0.25) is 4.78 Å². The first-order valence-electron chi connectivity index (χ1n) is 6.88. The van der Waals surface area contributed by atoms with Gasteiger partial charge in [0.2, 0.25) is 0 Å². The Bertz CT molecular complexity index is 467. The lowest BCUT2D eigenvalue weighted by atomic mass is 9.92. The molecule has 0 aliphatic carbocycles. The molecule has 2 aliphatic heterocycles. The van der Waals surface area contributed by atoms with E-state index in [0.717, 1.165) is 25.7 Å². The van der Waals surface area contributed by atoms with Crippen LogP contribution < -0.4 is 0 Å². The highest BCUT2D eigenvalue weighted by atomic mass is 32.2. The number of nitrogens with zero attached hydrogens (tertiary/aromatic N) is 1. The van der Waals surface area contributed by atoms with Crippen LogP contribution in [-0.4, -0.2) is 44.4 Å². The fourth-order valence-corrected chi connectivity index (χ4v) is 5.23. The number of carbonyl (C=O) groups excluding carboxylic acids is 1. The minimum absolute atomic E-state index is 0.317. The predicted molar refractivity (Wildman–Crippen MR) is 74.7 cm³/mol. The van der Waals surface area contributed by atoms with E-state index in [-0.39, 0.29) is 11.6 Å². The second-order valence-corrected chi connectivity index (χ2v) is 9.04. The zero-order valence-corrected chi connectivity index (χ0v) is 12.8. The molecule has 6 heteroatoms. The second-order valence-electron chi connectivity index (χ2n) is 6.72. The first-order chi connectivity index (χ1) is 8.64. The lowest BCUT2D eigenvalue weighted by Crippen LogP contribution is -2.55. The first kappa shape index (κ1) is 14.6. The van der Waals surface area contributed by atoms with Crippen LogP contribution in [0.5, 0.6) is 0 Å². The molecule has 2 saturated heterocycles. The van der Waals surface area contributed by atoms with Crippen LogP contribution in [0.1, 0.15) is 46.5 Å². The van der Waals surface area contributed by atoms with Gasteiger partial charge in [0.1, 0.15) is 5.60 Å². The molecule has 5 nitrogen and oxygen atoms in total. The third kappa shape index (κ3) is 3.22. The third-order valence-corrected chi connectivity index (χ3v) is 5.78. The topological polar surface area (TPSA) is 70.5 Å². The largest absolute Gasteiger partial charge is 0.444 e. The van der Waals surface area contributed by atoms with Crippen molar-refractivity contribution in [1.29, 1.82) is 4.78 Å². The molecule has 0 bridgehead atoms. The number of hydrogen-bond donors (Lipinski definition) is 1. The predicted octanol–water partition coefficient (Wildman–Crippen LogP) is 2.60. The van der Waals surface area contributed by atoms with Gasteiger partial charge in [0.25, 0.3) is 0 Å². The van der Waals surface area contributed by atoms with Crippen LogP contribution in [0.2, 0.25) is 0 Å². The molecule has 0 aromatic rings. The van der Waals surface area contributed by atoms with E-state index in [1.165, 1.54) is 0 Å². The van der Waals surface area contributed by atoms with Crippen molar-refractivity contribution in [1.82, 2.24) is 4.90 Å². The number of rotatable bonds is 0. The summed E-state index contributed by atoms with van der Waals surface area (Å²) in [5, 5.41) is 0. The molecular formula is C13H24N2O3S. The smallest absolute Gasteiger partial charge is 0.410 e. The Morgan fingerprint density at radius 1 is 1.32 bits per heavy atom. The van der Waals surface area contributed by atoms with E-state index in [0.29, 0.717) is 18.1 Å². The van der Waals surface area contributed by atoms with Gasteiger partial charge in [0.15, 0.2) is 0 Å². The van der Waals surface area contributed by atoms with Gasteiger partial charge < -0.3 is 9.64 Å². The highest BCUT2D eigenvalue weighted by molar-refractivity contribution is 7.92. The van der Waals surface area contributed by atoms with Gasteiger partial charge >= 0.3 is 6.09 Å². The second kappa shape index (κ2) is 4.65. The number of nitrogens with one attached hydrogen (secondary N) is 1. The molecule has 1 spiro atoms. The fraction of sp³-hybridized carbons (Fsp3) is 0.923. The molecule has 2 atom stereocenters. The van der Waals surface area contributed by atoms with Crippen molar-refractivity contribution >= 4 is 15.8 Å². The molecule has 19 heavy (non-hydrogen) atoms. The summed E-state index contributed by atoms with van der Waals surface area (Å²) in [4.78, 5) is 14.0. The molecule has 1 amide bonds. The third-order valence-electron chi connectivity index (χ3n) is 3.83. The van der Waals surface area contributed by atoms with Gasteiger partial charge in [0, 0.05) is 22.0 Å². The van der Waals surface area contributed by atoms with Crippen molar-refractivity contribution in [3.63, 3.8) is 0 Å². The molecule has 2 unspecified atom stereocenters. The molecule has 1 N–H and O–H groups in total. The summed E-state index contributed by atoms with van der Waals surface area (Å²) in [7, 11) is -2.53. The van der Waals surface area contributed by atoms with Crippen LogP contribution in [0.3, 0.4) is 0 Å². The van der Waals surface area contributed by atoms with Gasteiger partial charge in [0.05, 0.1) is 11.3 Å². The summed E-state index contributed by atoms with van der Waals surface area (Å²) in [5.41, 5.74) is -0.905. The Kier molecular flexibility index (Phi) is 3.58. The normalized spacial score (nSPS) is 35.6. The fourth-order valence-electron chi connectivity index (χ4n) is 3.16. The van der Waals surface area contributed by atoms with Crippen LogP contribution >= 0.6 is 0 Å². The van der Waals surface area contributed by atoms with Crippen molar-refractivity contribution < 1.29 is 13.7 Å². The van der Waals surface area contributed by atoms with Crippen LogP contribution in [0.15, 0.2) is 0 Å². The van der Waals surface area contributed by atoms with E-state index < -0.39 is 15.3 Å². The first-order valence-corrected chi connectivity index (χ1v) is 8.78. The molecule has 2 fully saturated rings. The molecular weight excluding hydrogens is 264 g/mol. The number of carbonyl (C=O) groups is 1. The molecule has 0 aromatic carbocycles. The van der Waals surface area contributed by atoms with E-state index in [4.69, 9.17) is 9.52 Å². The van der Waals surface area contributed by atoms with Crippen molar-refractivity contribution in [3.8, 4) is 0 Å². The highest BCUT2D eigenvalue weighted by Gasteiger charge is 2.48. The van der Waals surface area contributed by atoms with Crippen LogP contribution in [0, 0.1) is 4.78 Å². The average Bonchev–Trinajstić information content (AvgIpc) is 2.56. The van der Waals surface area contributed by atoms with Gasteiger partial charge in [-0.05, 0) is 46.5 Å². The van der Waals surface area contributed by atoms with Crippen molar-refractivity contribution in [2.75, 3.05) is 18.1 Å². The van der Waals surface area contributed by atoms with Crippen LogP contribution in [0.4, 0.5) is 4.79 Å². The Balaban J connectivity index is 2.19. The number of hydrogen-bond acceptors (Lipinski definition) is 4. The lowest BCUT2D eigenvalue weighted by Gasteiger charge is -2.42.